The molecule has 0 radical (unpaired) electrons. The predicted molar refractivity (Wildman–Crippen MR) is 65.8 cm³/mol. The highest BCUT2D eigenvalue weighted by Gasteiger charge is 2.29. The summed E-state index contributed by atoms with van der Waals surface area (Å²) in [5.41, 5.74) is 0.943. The van der Waals surface area contributed by atoms with Crippen LogP contribution in [0.1, 0.15) is 22.8 Å². The highest BCUT2D eigenvalue weighted by Crippen LogP contribution is 2.41. The van der Waals surface area contributed by atoms with Crippen LogP contribution >= 0.6 is 11.3 Å². The number of fused-ring (bicyclic) bond motifs is 1. The molecule has 0 fully saturated rings. The lowest BCUT2D eigenvalue weighted by molar-refractivity contribution is -0.116. The van der Waals surface area contributed by atoms with E-state index in [-0.39, 0.29) is 17.9 Å². The van der Waals surface area contributed by atoms with Crippen LogP contribution in [-0.4, -0.2) is 5.91 Å². The van der Waals surface area contributed by atoms with Crippen LogP contribution in [0, 0.1) is 11.6 Å². The van der Waals surface area contributed by atoms with Gasteiger partial charge in [0.1, 0.15) is 11.6 Å². The van der Waals surface area contributed by atoms with Crippen molar-refractivity contribution in [1.82, 2.24) is 0 Å². The van der Waals surface area contributed by atoms with Crippen LogP contribution in [-0.2, 0) is 4.79 Å². The molecule has 1 atom stereocenters. The molecule has 2 nitrogen and oxygen atoms in total. The number of benzene rings is 1. The van der Waals surface area contributed by atoms with Crippen molar-refractivity contribution in [2.75, 3.05) is 5.32 Å². The quantitative estimate of drug-likeness (QED) is 0.840. The van der Waals surface area contributed by atoms with E-state index < -0.39 is 17.6 Å². The molecule has 5 heteroatoms. The molecule has 1 N–H and O–H groups in total. The Hall–Kier alpha value is -1.75. The first kappa shape index (κ1) is 11.3. The first-order valence-corrected chi connectivity index (χ1v) is 6.35. The Labute approximate surface area is 106 Å². The summed E-state index contributed by atoms with van der Waals surface area (Å²) in [6, 6.07) is 5.13. The van der Waals surface area contributed by atoms with Crippen LogP contribution < -0.4 is 5.32 Å². The van der Waals surface area contributed by atoms with Crippen LogP contribution in [0.15, 0.2) is 29.6 Å². The van der Waals surface area contributed by atoms with Gasteiger partial charge in [-0.25, -0.2) is 8.78 Å². The van der Waals surface area contributed by atoms with Crippen molar-refractivity contribution in [2.45, 2.75) is 12.3 Å². The van der Waals surface area contributed by atoms with Gasteiger partial charge in [0, 0.05) is 17.2 Å². The highest BCUT2D eigenvalue weighted by molar-refractivity contribution is 7.10. The molecule has 18 heavy (non-hydrogen) atoms. The van der Waals surface area contributed by atoms with Gasteiger partial charge < -0.3 is 5.32 Å². The molecule has 1 aliphatic heterocycles. The number of nitrogens with one attached hydrogen (secondary N) is 1. The molecule has 0 bridgehead atoms. The topological polar surface area (TPSA) is 29.1 Å². The maximum absolute atomic E-state index is 13.8. The third kappa shape index (κ3) is 1.80. The predicted octanol–water partition coefficient (Wildman–Crippen LogP) is 3.50. The second kappa shape index (κ2) is 4.17. The molecule has 0 saturated carbocycles. The van der Waals surface area contributed by atoms with Crippen LogP contribution in [0.4, 0.5) is 14.5 Å². The Bertz CT molecular complexity index is 623. The minimum atomic E-state index is -0.490. The SMILES string of the molecule is O=C1CC(c2cc(F)ccc2F)c2sccc2N1. The number of carbonyl (C=O) groups is 1. The molecule has 1 aromatic carbocycles. The number of anilines is 1. The minimum absolute atomic E-state index is 0.147. The summed E-state index contributed by atoms with van der Waals surface area (Å²) in [6.45, 7) is 0. The van der Waals surface area contributed by atoms with Crippen molar-refractivity contribution in [3.63, 3.8) is 0 Å². The Morgan fingerprint density at radius 3 is 2.94 bits per heavy atom. The molecule has 92 valence electrons. The maximum atomic E-state index is 13.8. The third-order valence-corrected chi connectivity index (χ3v) is 4.04. The number of rotatable bonds is 1. The molecule has 0 aliphatic carbocycles. The highest BCUT2D eigenvalue weighted by atomic mass is 32.1. The molecule has 1 unspecified atom stereocenters. The minimum Gasteiger partial charge on any atom is -0.325 e. The molecule has 1 amide bonds. The Morgan fingerprint density at radius 2 is 2.11 bits per heavy atom. The van der Waals surface area contributed by atoms with Gasteiger partial charge in [0.05, 0.1) is 5.69 Å². The van der Waals surface area contributed by atoms with Gasteiger partial charge in [0.25, 0.3) is 0 Å². The first-order valence-electron chi connectivity index (χ1n) is 5.47. The van der Waals surface area contributed by atoms with Gasteiger partial charge in [-0.1, -0.05) is 0 Å². The summed E-state index contributed by atoms with van der Waals surface area (Å²) >= 11 is 1.44. The smallest absolute Gasteiger partial charge is 0.225 e. The fraction of sp³-hybridized carbons (Fsp3) is 0.154. The van der Waals surface area contributed by atoms with Crippen LogP contribution in [0.3, 0.4) is 0 Å². The number of thiophene rings is 1. The normalized spacial score (nSPS) is 18.3. The zero-order chi connectivity index (χ0) is 12.7. The zero-order valence-electron chi connectivity index (χ0n) is 9.24. The van der Waals surface area contributed by atoms with Gasteiger partial charge in [-0.3, -0.25) is 4.79 Å². The largest absolute Gasteiger partial charge is 0.325 e. The molecule has 2 aromatic rings. The summed E-state index contributed by atoms with van der Waals surface area (Å²) in [4.78, 5) is 12.5. The summed E-state index contributed by atoms with van der Waals surface area (Å²) in [5, 5.41) is 4.56. The lowest BCUT2D eigenvalue weighted by Gasteiger charge is -2.23. The van der Waals surface area contributed by atoms with E-state index >= 15 is 0 Å². The van der Waals surface area contributed by atoms with E-state index in [2.05, 4.69) is 5.32 Å². The molecule has 0 saturated heterocycles. The third-order valence-electron chi connectivity index (χ3n) is 3.01. The molecular weight excluding hydrogens is 256 g/mol. The number of amides is 1. The molecular formula is C13H9F2NOS. The zero-order valence-corrected chi connectivity index (χ0v) is 10.1. The van der Waals surface area contributed by atoms with Gasteiger partial charge in [-0.2, -0.15) is 0 Å². The summed E-state index contributed by atoms with van der Waals surface area (Å²) in [7, 11) is 0. The second-order valence-electron chi connectivity index (χ2n) is 4.17. The summed E-state index contributed by atoms with van der Waals surface area (Å²) in [6.07, 6.45) is 0.147. The van der Waals surface area contributed by atoms with E-state index in [1.165, 1.54) is 17.4 Å². The first-order chi connectivity index (χ1) is 8.65. The lowest BCUT2D eigenvalue weighted by atomic mass is 9.90. The van der Waals surface area contributed by atoms with E-state index in [0.717, 1.165) is 17.0 Å². The maximum Gasteiger partial charge on any atom is 0.225 e. The molecule has 3 rings (SSSR count). The standard InChI is InChI=1S/C13H9F2NOS/c14-7-1-2-10(15)8(5-7)9-6-12(17)16-11-3-4-18-13(9)11/h1-5,9H,6H2,(H,16,17). The number of halogens is 2. The average molecular weight is 265 g/mol. The monoisotopic (exact) mass is 265 g/mol. The lowest BCUT2D eigenvalue weighted by Crippen LogP contribution is -2.22. The van der Waals surface area contributed by atoms with E-state index in [0.29, 0.717) is 5.69 Å². The van der Waals surface area contributed by atoms with Crippen molar-refractivity contribution in [3.8, 4) is 0 Å². The Kier molecular flexibility index (Phi) is 2.63. The van der Waals surface area contributed by atoms with E-state index in [1.54, 1.807) is 6.07 Å². The molecule has 2 heterocycles. The summed E-state index contributed by atoms with van der Waals surface area (Å²) in [5.74, 6) is -1.54. The van der Waals surface area contributed by atoms with Crippen LogP contribution in [0.25, 0.3) is 0 Å². The van der Waals surface area contributed by atoms with Crippen molar-refractivity contribution >= 4 is 22.9 Å². The van der Waals surface area contributed by atoms with Gasteiger partial charge in [-0.15, -0.1) is 11.3 Å². The van der Waals surface area contributed by atoms with Gasteiger partial charge in [0.2, 0.25) is 5.91 Å². The Balaban J connectivity index is 2.13. The molecule has 0 spiro atoms. The van der Waals surface area contributed by atoms with Gasteiger partial charge >= 0.3 is 0 Å². The van der Waals surface area contributed by atoms with Crippen LogP contribution in [0.5, 0.6) is 0 Å². The second-order valence-corrected chi connectivity index (χ2v) is 5.12. The van der Waals surface area contributed by atoms with Gasteiger partial charge in [0.15, 0.2) is 0 Å². The average Bonchev–Trinajstić information content (AvgIpc) is 2.79. The van der Waals surface area contributed by atoms with E-state index in [1.807, 2.05) is 5.38 Å². The molecule has 1 aliphatic rings. The number of carbonyl (C=O) groups excluding carboxylic acids is 1. The van der Waals surface area contributed by atoms with Crippen molar-refractivity contribution in [3.05, 3.63) is 51.7 Å². The Morgan fingerprint density at radius 1 is 1.28 bits per heavy atom. The van der Waals surface area contributed by atoms with Crippen molar-refractivity contribution < 1.29 is 13.6 Å². The van der Waals surface area contributed by atoms with Crippen LogP contribution in [0.2, 0.25) is 0 Å². The summed E-state index contributed by atoms with van der Waals surface area (Å²) < 4.78 is 27.0. The number of hydrogen-bond acceptors (Lipinski definition) is 2. The van der Waals surface area contributed by atoms with Gasteiger partial charge in [-0.05, 0) is 35.2 Å². The number of hydrogen-bond donors (Lipinski definition) is 1. The van der Waals surface area contributed by atoms with E-state index in [9.17, 15) is 13.6 Å². The van der Waals surface area contributed by atoms with E-state index in [4.69, 9.17) is 0 Å². The van der Waals surface area contributed by atoms with Crippen molar-refractivity contribution in [2.24, 2.45) is 0 Å². The fourth-order valence-electron chi connectivity index (χ4n) is 2.21. The van der Waals surface area contributed by atoms with Crippen molar-refractivity contribution in [1.29, 1.82) is 0 Å². The fourth-order valence-corrected chi connectivity index (χ4v) is 3.18. The molecule has 1 aromatic heterocycles.